The number of likely N-dealkylation sites (tertiary alicyclic amines) is 1. The van der Waals surface area contributed by atoms with Crippen molar-refractivity contribution in [2.24, 2.45) is 0 Å². The van der Waals surface area contributed by atoms with E-state index in [0.717, 1.165) is 19.3 Å². The highest BCUT2D eigenvalue weighted by molar-refractivity contribution is 7.88. The number of rotatable bonds is 5. The van der Waals surface area contributed by atoms with Crippen LogP contribution in [-0.2, 0) is 20.5 Å². The molecule has 0 spiro atoms. The van der Waals surface area contributed by atoms with E-state index in [4.69, 9.17) is 4.74 Å². The maximum atomic E-state index is 12.9. The lowest BCUT2D eigenvalue weighted by Crippen LogP contribution is -2.50. The van der Waals surface area contributed by atoms with Crippen LogP contribution in [0.3, 0.4) is 0 Å². The molecule has 1 aliphatic rings. The van der Waals surface area contributed by atoms with Crippen molar-refractivity contribution in [3.63, 3.8) is 0 Å². The first kappa shape index (κ1) is 20.6. The van der Waals surface area contributed by atoms with Crippen molar-refractivity contribution >= 4 is 16.1 Å². The Labute approximate surface area is 154 Å². The monoisotopic (exact) mass is 386 g/mol. The number of piperidine rings is 1. The van der Waals surface area contributed by atoms with Crippen LogP contribution in [0.25, 0.3) is 0 Å². The molecule has 1 amide bonds. The number of ether oxygens (including phenoxy) is 1. The molecule has 146 valence electrons. The van der Waals surface area contributed by atoms with Gasteiger partial charge in [-0.3, -0.25) is 0 Å². The lowest BCUT2D eigenvalue weighted by Gasteiger charge is -2.36. The van der Waals surface area contributed by atoms with Crippen LogP contribution in [0.5, 0.6) is 0 Å². The highest BCUT2D eigenvalue weighted by Gasteiger charge is 2.31. The minimum absolute atomic E-state index is 0.142. The molecule has 0 bridgehead atoms. The smallest absolute Gasteiger partial charge is 0.410 e. The Hall–Kier alpha value is -1.67. The second-order valence-corrected chi connectivity index (χ2v) is 9.36. The van der Waals surface area contributed by atoms with E-state index in [1.54, 1.807) is 25.7 Å². The number of amides is 1. The first-order valence-electron chi connectivity index (χ1n) is 8.77. The van der Waals surface area contributed by atoms with Crippen LogP contribution in [-0.4, -0.2) is 44.1 Å². The first-order valence-corrected chi connectivity index (χ1v) is 10.4. The zero-order chi connectivity index (χ0) is 19.4. The van der Waals surface area contributed by atoms with Gasteiger partial charge >= 0.3 is 6.09 Å². The maximum absolute atomic E-state index is 12.9. The molecule has 0 unspecified atom stereocenters. The number of sulfonamides is 1. The number of hydrogen-bond acceptors (Lipinski definition) is 4. The van der Waals surface area contributed by atoms with Gasteiger partial charge in [-0.15, -0.1) is 0 Å². The van der Waals surface area contributed by atoms with E-state index in [0.29, 0.717) is 12.1 Å². The molecule has 1 atom stereocenters. The number of benzene rings is 1. The molecule has 0 aromatic heterocycles. The summed E-state index contributed by atoms with van der Waals surface area (Å²) in [6.07, 6.45) is 2.11. The summed E-state index contributed by atoms with van der Waals surface area (Å²) in [6.45, 7) is 6.10. The van der Waals surface area contributed by atoms with E-state index in [9.17, 15) is 17.6 Å². The average Bonchev–Trinajstić information content (AvgIpc) is 2.54. The van der Waals surface area contributed by atoms with E-state index in [-0.39, 0.29) is 18.3 Å². The molecule has 26 heavy (non-hydrogen) atoms. The summed E-state index contributed by atoms with van der Waals surface area (Å²) in [4.78, 5) is 14.0. The van der Waals surface area contributed by atoms with E-state index >= 15 is 0 Å². The molecule has 0 radical (unpaired) electrons. The van der Waals surface area contributed by atoms with Gasteiger partial charge in [0, 0.05) is 19.1 Å². The molecular formula is C18H27FN2O4S. The maximum Gasteiger partial charge on any atom is 0.410 e. The highest BCUT2D eigenvalue weighted by Crippen LogP contribution is 2.20. The number of nitrogens with one attached hydrogen (secondary N) is 1. The van der Waals surface area contributed by atoms with Crippen molar-refractivity contribution in [3.05, 3.63) is 35.6 Å². The molecule has 1 saturated heterocycles. The number of nitrogens with zero attached hydrogens (tertiary/aromatic N) is 1. The van der Waals surface area contributed by atoms with Gasteiger partial charge in [0.15, 0.2) is 0 Å². The highest BCUT2D eigenvalue weighted by atomic mass is 32.2. The Morgan fingerprint density at radius 3 is 2.54 bits per heavy atom. The van der Waals surface area contributed by atoms with Gasteiger partial charge < -0.3 is 9.64 Å². The van der Waals surface area contributed by atoms with Gasteiger partial charge in [-0.05, 0) is 57.7 Å². The lowest BCUT2D eigenvalue weighted by atomic mass is 10.0. The van der Waals surface area contributed by atoms with Gasteiger partial charge in [0.1, 0.15) is 11.4 Å². The van der Waals surface area contributed by atoms with Crippen molar-refractivity contribution in [2.45, 2.75) is 57.4 Å². The minimum atomic E-state index is -3.58. The van der Waals surface area contributed by atoms with E-state index in [1.807, 2.05) is 0 Å². The summed E-state index contributed by atoms with van der Waals surface area (Å²) < 4.78 is 45.5. The molecule has 0 aliphatic carbocycles. The van der Waals surface area contributed by atoms with E-state index < -0.39 is 27.5 Å². The fraction of sp³-hybridized carbons (Fsp3) is 0.611. The molecule has 1 aromatic rings. The molecule has 0 saturated carbocycles. The predicted octanol–water partition coefficient (Wildman–Crippen LogP) is 3.03. The summed E-state index contributed by atoms with van der Waals surface area (Å²) in [7, 11) is -3.58. The van der Waals surface area contributed by atoms with Gasteiger partial charge in [-0.2, -0.15) is 0 Å². The number of carbonyl (C=O) groups is 1. The second-order valence-electron chi connectivity index (χ2n) is 7.56. The molecule has 1 N–H and O–H groups in total. The van der Waals surface area contributed by atoms with Crippen molar-refractivity contribution < 1.29 is 22.3 Å². The molecule has 1 fully saturated rings. The second kappa shape index (κ2) is 8.35. The van der Waals surface area contributed by atoms with E-state index in [2.05, 4.69) is 4.72 Å². The van der Waals surface area contributed by atoms with Crippen molar-refractivity contribution in [2.75, 3.05) is 13.1 Å². The average molecular weight is 386 g/mol. The predicted molar refractivity (Wildman–Crippen MR) is 97.6 cm³/mol. The zero-order valence-electron chi connectivity index (χ0n) is 15.5. The fourth-order valence-electron chi connectivity index (χ4n) is 2.85. The molecule has 1 aliphatic heterocycles. The quantitative estimate of drug-likeness (QED) is 0.844. The Kier molecular flexibility index (Phi) is 6.63. The van der Waals surface area contributed by atoms with Crippen LogP contribution < -0.4 is 4.72 Å². The summed E-state index contributed by atoms with van der Waals surface area (Å²) in [6, 6.07) is 5.12. The van der Waals surface area contributed by atoms with Gasteiger partial charge in [-0.1, -0.05) is 12.1 Å². The molecule has 2 rings (SSSR count). The van der Waals surface area contributed by atoms with Crippen LogP contribution >= 0.6 is 0 Å². The Morgan fingerprint density at radius 1 is 1.27 bits per heavy atom. The third-order valence-electron chi connectivity index (χ3n) is 4.06. The van der Waals surface area contributed by atoms with Crippen molar-refractivity contribution in [3.8, 4) is 0 Å². The largest absolute Gasteiger partial charge is 0.444 e. The number of halogens is 1. The third kappa shape index (κ3) is 6.57. The van der Waals surface area contributed by atoms with Crippen LogP contribution in [0.1, 0.15) is 45.6 Å². The minimum Gasteiger partial charge on any atom is -0.444 e. The first-order chi connectivity index (χ1) is 12.1. The van der Waals surface area contributed by atoms with Crippen LogP contribution in [0.4, 0.5) is 9.18 Å². The standard InChI is InChI=1S/C18H27FN2O4S/c1-18(2,3)25-17(22)21-11-5-4-6-16(21)12-20-26(23,24)13-14-7-9-15(19)10-8-14/h7-10,16,20H,4-6,11-13H2,1-3H3/t16-/m1/s1. The van der Waals surface area contributed by atoms with Gasteiger partial charge in [0.25, 0.3) is 0 Å². The molecule has 1 aromatic carbocycles. The zero-order valence-corrected chi connectivity index (χ0v) is 16.3. The van der Waals surface area contributed by atoms with Crippen molar-refractivity contribution in [1.29, 1.82) is 0 Å². The number of hydrogen-bond donors (Lipinski definition) is 1. The summed E-state index contributed by atoms with van der Waals surface area (Å²) in [5.74, 6) is -0.638. The topological polar surface area (TPSA) is 75.7 Å². The van der Waals surface area contributed by atoms with Gasteiger partial charge in [-0.25, -0.2) is 22.3 Å². The Morgan fingerprint density at radius 2 is 1.92 bits per heavy atom. The van der Waals surface area contributed by atoms with Gasteiger partial charge in [0.05, 0.1) is 5.75 Å². The van der Waals surface area contributed by atoms with Gasteiger partial charge in [0.2, 0.25) is 10.0 Å². The SMILES string of the molecule is CC(C)(C)OC(=O)N1CCCC[C@@H]1CNS(=O)(=O)Cc1ccc(F)cc1. The normalized spacial score (nSPS) is 18.6. The summed E-state index contributed by atoms with van der Waals surface area (Å²) >= 11 is 0. The Bertz CT molecular complexity index is 714. The van der Waals surface area contributed by atoms with Crippen molar-refractivity contribution in [1.82, 2.24) is 9.62 Å². The number of carbonyl (C=O) groups excluding carboxylic acids is 1. The summed E-state index contributed by atoms with van der Waals surface area (Å²) in [5.41, 5.74) is -0.0900. The Balaban J connectivity index is 1.96. The van der Waals surface area contributed by atoms with Crippen LogP contribution in [0, 0.1) is 5.82 Å². The lowest BCUT2D eigenvalue weighted by molar-refractivity contribution is 0.0105. The van der Waals surface area contributed by atoms with E-state index in [1.165, 1.54) is 24.3 Å². The molecule has 1 heterocycles. The van der Waals surface area contributed by atoms with Crippen LogP contribution in [0.2, 0.25) is 0 Å². The van der Waals surface area contributed by atoms with Crippen LogP contribution in [0.15, 0.2) is 24.3 Å². The third-order valence-corrected chi connectivity index (χ3v) is 5.38. The summed E-state index contributed by atoms with van der Waals surface area (Å²) in [5, 5.41) is 0. The molecular weight excluding hydrogens is 359 g/mol. The molecule has 6 nitrogen and oxygen atoms in total. The molecule has 8 heteroatoms. The fourth-order valence-corrected chi connectivity index (χ4v) is 4.03.